The average Bonchev–Trinajstić information content (AvgIpc) is 3.17. The second-order valence-corrected chi connectivity index (χ2v) is 23.0. The Hall–Kier alpha value is -2.66. The lowest BCUT2D eigenvalue weighted by atomic mass is 9.72. The Morgan fingerprint density at radius 1 is 0.552 bits per heavy atom. The molecule has 2 unspecified atom stereocenters. The first-order chi connectivity index (χ1) is 27.1. The summed E-state index contributed by atoms with van der Waals surface area (Å²) < 4.78 is 14.8. The van der Waals surface area contributed by atoms with Gasteiger partial charge < -0.3 is 9.26 Å². The normalized spacial score (nSPS) is 13.3. The van der Waals surface area contributed by atoms with Gasteiger partial charge in [-0.05, 0) is 137 Å². The van der Waals surface area contributed by atoms with Crippen molar-refractivity contribution in [2.45, 2.75) is 196 Å². The minimum absolute atomic E-state index is 0.0340. The first-order valence-corrected chi connectivity index (χ1v) is 24.6. The molecular formula is C54H80O2P2. The van der Waals surface area contributed by atoms with Crippen LogP contribution in [-0.4, -0.2) is 10.5 Å². The van der Waals surface area contributed by atoms with Crippen molar-refractivity contribution in [2.75, 3.05) is 0 Å². The molecule has 4 aromatic rings. The van der Waals surface area contributed by atoms with Crippen LogP contribution in [0.3, 0.4) is 0 Å². The molecule has 0 heterocycles. The third-order valence-corrected chi connectivity index (χ3v) is 16.5. The monoisotopic (exact) mass is 823 g/mol. The molecule has 318 valence electrons. The predicted molar refractivity (Wildman–Crippen MR) is 261 cm³/mol. The van der Waals surface area contributed by atoms with Crippen molar-refractivity contribution in [1.29, 1.82) is 0 Å². The second-order valence-electron chi connectivity index (χ2n) is 19.9. The first-order valence-electron chi connectivity index (χ1n) is 22.5. The lowest BCUT2D eigenvalue weighted by molar-refractivity contribution is 0.151. The maximum Gasteiger partial charge on any atom is 0.134 e. The topological polar surface area (TPSA) is 18.5 Å². The highest BCUT2D eigenvalue weighted by molar-refractivity contribution is 7.38. The molecule has 0 N–H and O–H groups in total. The summed E-state index contributed by atoms with van der Waals surface area (Å²) in [6, 6.07) is 25.0. The van der Waals surface area contributed by atoms with Crippen LogP contribution in [0.2, 0.25) is 0 Å². The van der Waals surface area contributed by atoms with Crippen LogP contribution in [0.4, 0.5) is 0 Å². The van der Waals surface area contributed by atoms with Crippen LogP contribution in [0.5, 0.6) is 11.5 Å². The van der Waals surface area contributed by atoms with Crippen molar-refractivity contribution >= 4 is 17.4 Å². The van der Waals surface area contributed by atoms with Crippen LogP contribution in [-0.2, 0) is 41.7 Å². The van der Waals surface area contributed by atoms with Crippen LogP contribution in [0, 0.1) is 13.8 Å². The maximum atomic E-state index is 7.58. The Morgan fingerprint density at radius 2 is 1.09 bits per heavy atom. The molecule has 0 bridgehead atoms. The largest absolute Gasteiger partial charge is 0.483 e. The van der Waals surface area contributed by atoms with E-state index in [9.17, 15) is 0 Å². The molecule has 58 heavy (non-hydrogen) atoms. The van der Waals surface area contributed by atoms with Crippen molar-refractivity contribution in [3.8, 4) is 22.6 Å². The van der Waals surface area contributed by atoms with E-state index in [1.54, 1.807) is 0 Å². The summed E-state index contributed by atoms with van der Waals surface area (Å²) in [5, 5.41) is -0.216. The molecule has 0 saturated carbocycles. The molecule has 0 aliphatic carbocycles. The van der Waals surface area contributed by atoms with Gasteiger partial charge in [0.1, 0.15) is 16.8 Å². The molecule has 2 atom stereocenters. The van der Waals surface area contributed by atoms with Crippen LogP contribution in [0.25, 0.3) is 11.1 Å². The van der Waals surface area contributed by atoms with E-state index in [2.05, 4.69) is 184 Å². The Morgan fingerprint density at radius 3 is 1.60 bits per heavy atom. The summed E-state index contributed by atoms with van der Waals surface area (Å²) in [6.45, 7) is 40.0. The Kier molecular flexibility index (Phi) is 16.0. The number of ether oxygens (including phenoxy) is 1. The van der Waals surface area contributed by atoms with Crippen molar-refractivity contribution in [1.82, 2.24) is 0 Å². The van der Waals surface area contributed by atoms with Gasteiger partial charge in [0.25, 0.3) is 0 Å². The quantitative estimate of drug-likeness (QED) is 0.0988. The lowest BCUT2D eigenvalue weighted by Gasteiger charge is -2.37. The van der Waals surface area contributed by atoms with Gasteiger partial charge in [0.15, 0.2) is 0 Å². The summed E-state index contributed by atoms with van der Waals surface area (Å²) in [5.41, 5.74) is 15.0. The molecule has 4 heteroatoms. The Labute approximate surface area is 360 Å². The lowest BCUT2D eigenvalue weighted by Crippen LogP contribution is -2.30. The van der Waals surface area contributed by atoms with Crippen molar-refractivity contribution < 1.29 is 9.26 Å². The van der Waals surface area contributed by atoms with E-state index in [4.69, 9.17) is 9.26 Å². The molecule has 4 aromatic carbocycles. The third-order valence-electron chi connectivity index (χ3n) is 12.9. The molecule has 0 spiro atoms. The van der Waals surface area contributed by atoms with E-state index >= 15 is 0 Å². The first kappa shape index (κ1) is 48.0. The zero-order valence-electron chi connectivity index (χ0n) is 39.8. The van der Waals surface area contributed by atoms with E-state index in [0.717, 1.165) is 62.6 Å². The fourth-order valence-corrected chi connectivity index (χ4v) is 11.4. The molecule has 0 fully saturated rings. The Bertz CT molecular complexity index is 1980. The van der Waals surface area contributed by atoms with Gasteiger partial charge in [-0.15, -0.1) is 0 Å². The molecule has 0 aliphatic rings. The molecule has 2 nitrogen and oxygen atoms in total. The van der Waals surface area contributed by atoms with Crippen molar-refractivity contribution in [2.24, 2.45) is 0 Å². The van der Waals surface area contributed by atoms with Crippen LogP contribution in [0.1, 0.15) is 180 Å². The number of rotatable bonds is 17. The van der Waals surface area contributed by atoms with Gasteiger partial charge in [-0.3, -0.25) is 0 Å². The Balaban J connectivity index is 2.04. The van der Waals surface area contributed by atoms with Gasteiger partial charge in [-0.25, -0.2) is 0 Å². The third kappa shape index (κ3) is 10.8. The number of benzene rings is 4. The average molecular weight is 823 g/mol. The van der Waals surface area contributed by atoms with Crippen molar-refractivity contribution in [3.05, 3.63) is 117 Å². The second kappa shape index (κ2) is 19.4. The molecule has 4 rings (SSSR count). The van der Waals surface area contributed by atoms with Crippen LogP contribution in [0.15, 0.2) is 66.7 Å². The molecule has 0 aromatic heterocycles. The van der Waals surface area contributed by atoms with E-state index in [0.29, 0.717) is 17.4 Å². The summed E-state index contributed by atoms with van der Waals surface area (Å²) in [4.78, 5) is 0. The molecule has 0 saturated heterocycles. The molecule has 0 aliphatic heterocycles. The zero-order chi connectivity index (χ0) is 43.3. The highest BCUT2D eigenvalue weighted by Gasteiger charge is 2.36. The van der Waals surface area contributed by atoms with Crippen LogP contribution >= 0.6 is 17.4 Å². The van der Waals surface area contributed by atoms with Gasteiger partial charge in [0, 0.05) is 16.3 Å². The number of para-hydroxylation sites is 1. The van der Waals surface area contributed by atoms with Gasteiger partial charge in [-0.1, -0.05) is 173 Å². The van der Waals surface area contributed by atoms with Gasteiger partial charge in [0.2, 0.25) is 0 Å². The fraction of sp³-hybridized carbons (Fsp3) is 0.556. The standard InChI is InChI=1S/C54H80O2P2/c1-18-39-28-24-25-30-41(39)35-53(20-3,21-4)58-56-49-43(50(9,10)11)33-32-37(7)47(49)48-38(8)44(51(12,13)14)34-45(52(15,16)17)42(48)36-57-54(22-5,23-6)55-46-31-27-26-29-40(46)19-2/h24-34,57-58H,18-23,35-36H2,1-17H3. The minimum Gasteiger partial charge on any atom is -0.483 e. The van der Waals surface area contributed by atoms with Gasteiger partial charge in [0.05, 0.1) is 8.81 Å². The summed E-state index contributed by atoms with van der Waals surface area (Å²) >= 11 is 0. The SMILES string of the molecule is CCc1ccccc1CC(CC)(CC)POc1c(C(C)(C)C)ccc(C)c1-c1c(C)c(C(C)(C)C)cc(C(C)(C)C)c1CPC(CC)(CC)Oc1ccccc1CC. The van der Waals surface area contributed by atoms with E-state index in [-0.39, 0.29) is 26.7 Å². The fourth-order valence-electron chi connectivity index (χ4n) is 8.81. The minimum atomic E-state index is -0.256. The van der Waals surface area contributed by atoms with Crippen molar-refractivity contribution in [3.63, 3.8) is 0 Å². The summed E-state index contributed by atoms with van der Waals surface area (Å²) in [6.07, 6.45) is 8.07. The summed E-state index contributed by atoms with van der Waals surface area (Å²) in [7, 11) is 0.913. The van der Waals surface area contributed by atoms with Crippen LogP contribution < -0.4 is 9.26 Å². The molecule has 0 amide bonds. The number of aryl methyl sites for hydroxylation is 3. The van der Waals surface area contributed by atoms with E-state index < -0.39 is 0 Å². The summed E-state index contributed by atoms with van der Waals surface area (Å²) in [5.74, 6) is 2.13. The van der Waals surface area contributed by atoms with E-state index in [1.807, 2.05) is 0 Å². The zero-order valence-corrected chi connectivity index (χ0v) is 41.8. The van der Waals surface area contributed by atoms with Gasteiger partial charge >= 0.3 is 0 Å². The highest BCUT2D eigenvalue weighted by Crippen LogP contribution is 2.54. The maximum absolute atomic E-state index is 7.58. The molecule has 0 radical (unpaired) electrons. The van der Waals surface area contributed by atoms with E-state index in [1.165, 1.54) is 61.2 Å². The number of hydrogen-bond acceptors (Lipinski definition) is 2. The molecular weight excluding hydrogens is 743 g/mol. The smallest absolute Gasteiger partial charge is 0.134 e. The highest BCUT2D eigenvalue weighted by atomic mass is 31.1. The predicted octanol–water partition coefficient (Wildman–Crippen LogP) is 16.5. The van der Waals surface area contributed by atoms with Gasteiger partial charge in [-0.2, -0.15) is 0 Å². The number of hydrogen-bond donors (Lipinski definition) is 0.